The zero-order valence-corrected chi connectivity index (χ0v) is 19.7. The predicted molar refractivity (Wildman–Crippen MR) is 120 cm³/mol. The van der Waals surface area contributed by atoms with Gasteiger partial charge in [0.1, 0.15) is 0 Å². The molecule has 3 aliphatic rings. The van der Waals surface area contributed by atoms with E-state index in [9.17, 15) is 5.11 Å². The van der Waals surface area contributed by atoms with Crippen molar-refractivity contribution in [2.45, 2.75) is 118 Å². The predicted octanol–water partition coefficient (Wildman–Crippen LogP) is 7.14. The van der Waals surface area contributed by atoms with Crippen LogP contribution in [-0.4, -0.2) is 22.9 Å². The molecule has 2 aliphatic carbocycles. The van der Waals surface area contributed by atoms with E-state index in [4.69, 9.17) is 4.74 Å². The van der Waals surface area contributed by atoms with Crippen LogP contribution < -0.4 is 0 Å². The zero-order valence-electron chi connectivity index (χ0n) is 19.7. The highest BCUT2D eigenvalue weighted by Crippen LogP contribution is 2.53. The molecule has 1 N–H and O–H groups in total. The van der Waals surface area contributed by atoms with Gasteiger partial charge in [-0.05, 0) is 94.6 Å². The van der Waals surface area contributed by atoms with Crippen molar-refractivity contribution in [2.24, 2.45) is 10.8 Å². The first-order valence-corrected chi connectivity index (χ1v) is 11.3. The monoisotopic (exact) mass is 388 g/mol. The summed E-state index contributed by atoms with van der Waals surface area (Å²) in [5.74, 6) is 0. The van der Waals surface area contributed by atoms with Gasteiger partial charge in [-0.15, -0.1) is 0 Å². The smallest absolute Gasteiger partial charge is 0.0944 e. The van der Waals surface area contributed by atoms with Crippen LogP contribution >= 0.6 is 0 Å². The standard InChI is InChI=1S/2C13H22O/c1-10-6-5-8-12(3,4)13(10)9-7-11(2)14-13;1-10-6-5-9-13(3,4)12(10)8-7-11(2)14/h6,11H,5,7-9H2,1-4H3;6,8,11,14H,5,7,9H2,1-4H3/b;12-8+/t11-,13?;11-/m00/s1. The van der Waals surface area contributed by atoms with E-state index in [1.807, 2.05) is 6.92 Å². The molecule has 2 nitrogen and oxygen atoms in total. The lowest BCUT2D eigenvalue weighted by molar-refractivity contribution is -0.0912. The van der Waals surface area contributed by atoms with Gasteiger partial charge in [0, 0.05) is 0 Å². The Hall–Kier alpha value is -0.860. The summed E-state index contributed by atoms with van der Waals surface area (Å²) in [7, 11) is 0. The Morgan fingerprint density at radius 2 is 1.75 bits per heavy atom. The third-order valence-corrected chi connectivity index (χ3v) is 7.29. The molecule has 0 aromatic carbocycles. The second kappa shape index (κ2) is 8.88. The topological polar surface area (TPSA) is 29.5 Å². The number of aliphatic hydroxyl groups excluding tert-OH is 1. The highest BCUT2D eigenvalue weighted by Gasteiger charge is 2.52. The number of rotatable bonds is 2. The molecular weight excluding hydrogens is 344 g/mol. The summed E-state index contributed by atoms with van der Waals surface area (Å²) >= 11 is 0. The van der Waals surface area contributed by atoms with Crippen molar-refractivity contribution in [3.8, 4) is 0 Å². The molecule has 0 bridgehead atoms. The minimum atomic E-state index is -0.229. The van der Waals surface area contributed by atoms with Gasteiger partial charge >= 0.3 is 0 Å². The van der Waals surface area contributed by atoms with E-state index in [2.05, 4.69) is 66.7 Å². The Kier molecular flexibility index (Phi) is 7.42. The van der Waals surface area contributed by atoms with Crippen molar-refractivity contribution < 1.29 is 9.84 Å². The van der Waals surface area contributed by atoms with E-state index in [-0.39, 0.29) is 17.1 Å². The summed E-state index contributed by atoms with van der Waals surface area (Å²) in [5, 5.41) is 9.28. The Labute approximate surface area is 174 Å². The Morgan fingerprint density at radius 1 is 1.11 bits per heavy atom. The second-order valence-electron chi connectivity index (χ2n) is 10.6. The van der Waals surface area contributed by atoms with Crippen molar-refractivity contribution in [2.75, 3.05) is 0 Å². The fraction of sp³-hybridized carbons (Fsp3) is 0.769. The summed E-state index contributed by atoms with van der Waals surface area (Å²) in [6.45, 7) is 17.8. The van der Waals surface area contributed by atoms with Gasteiger partial charge in [-0.25, -0.2) is 0 Å². The number of allylic oxidation sites excluding steroid dienone is 4. The van der Waals surface area contributed by atoms with Crippen molar-refractivity contribution in [3.05, 3.63) is 34.9 Å². The van der Waals surface area contributed by atoms with Crippen LogP contribution in [-0.2, 0) is 4.74 Å². The first-order valence-electron chi connectivity index (χ1n) is 11.3. The third-order valence-electron chi connectivity index (χ3n) is 7.29. The Morgan fingerprint density at radius 3 is 2.25 bits per heavy atom. The molecule has 0 aromatic heterocycles. The molecule has 1 unspecified atom stereocenters. The SMILES string of the molecule is CC1=CCCC(C)(C)/C1=C/C[C@H](C)O.CC1=CCCC(C)(C)C12CC[C@H](C)O2. The number of ether oxygens (including phenoxy) is 1. The van der Waals surface area contributed by atoms with Crippen molar-refractivity contribution in [3.63, 3.8) is 0 Å². The summed E-state index contributed by atoms with van der Waals surface area (Å²) in [6, 6.07) is 0. The molecule has 1 heterocycles. The molecule has 0 aromatic rings. The third kappa shape index (κ3) is 5.00. The molecule has 28 heavy (non-hydrogen) atoms. The van der Waals surface area contributed by atoms with Crippen molar-refractivity contribution >= 4 is 0 Å². The summed E-state index contributed by atoms with van der Waals surface area (Å²) in [6.07, 6.45) is 15.2. The molecule has 1 aliphatic heterocycles. The van der Waals surface area contributed by atoms with E-state index < -0.39 is 0 Å². The minimum absolute atomic E-state index is 0.0602. The zero-order chi connectivity index (χ0) is 21.2. The van der Waals surface area contributed by atoms with Crippen LogP contribution in [0.1, 0.15) is 100 Å². The van der Waals surface area contributed by atoms with Crippen LogP contribution in [0.25, 0.3) is 0 Å². The highest BCUT2D eigenvalue weighted by atomic mass is 16.5. The molecule has 1 fully saturated rings. The summed E-state index contributed by atoms with van der Waals surface area (Å²) in [5.41, 5.74) is 4.94. The van der Waals surface area contributed by atoms with E-state index in [0.29, 0.717) is 11.5 Å². The molecule has 0 saturated carbocycles. The lowest BCUT2D eigenvalue weighted by Crippen LogP contribution is -2.47. The van der Waals surface area contributed by atoms with Gasteiger partial charge < -0.3 is 9.84 Å². The fourth-order valence-corrected chi connectivity index (χ4v) is 5.36. The molecule has 1 spiro atoms. The number of hydrogen-bond donors (Lipinski definition) is 1. The van der Waals surface area contributed by atoms with Crippen LogP contribution in [0.4, 0.5) is 0 Å². The lowest BCUT2D eigenvalue weighted by atomic mass is 9.64. The molecule has 3 rings (SSSR count). The highest BCUT2D eigenvalue weighted by molar-refractivity contribution is 5.36. The molecule has 160 valence electrons. The van der Waals surface area contributed by atoms with E-state index in [1.54, 1.807) is 0 Å². The van der Waals surface area contributed by atoms with E-state index in [1.165, 1.54) is 55.2 Å². The summed E-state index contributed by atoms with van der Waals surface area (Å²) in [4.78, 5) is 0. The van der Waals surface area contributed by atoms with Gasteiger partial charge in [0.25, 0.3) is 0 Å². The largest absolute Gasteiger partial charge is 0.393 e. The quantitative estimate of drug-likeness (QED) is 0.509. The summed E-state index contributed by atoms with van der Waals surface area (Å²) < 4.78 is 6.25. The first kappa shape index (κ1) is 23.4. The number of aliphatic hydroxyl groups is 1. The van der Waals surface area contributed by atoms with Gasteiger partial charge in [-0.1, -0.05) is 51.5 Å². The van der Waals surface area contributed by atoms with Gasteiger partial charge in [-0.2, -0.15) is 0 Å². The lowest BCUT2D eigenvalue weighted by Gasteiger charge is -2.47. The maximum absolute atomic E-state index is 9.28. The average Bonchev–Trinajstić information content (AvgIpc) is 2.96. The fourth-order valence-electron chi connectivity index (χ4n) is 5.36. The van der Waals surface area contributed by atoms with Crippen LogP contribution in [0, 0.1) is 10.8 Å². The van der Waals surface area contributed by atoms with Crippen LogP contribution in [0.15, 0.2) is 34.9 Å². The van der Waals surface area contributed by atoms with E-state index >= 15 is 0 Å². The van der Waals surface area contributed by atoms with Crippen molar-refractivity contribution in [1.82, 2.24) is 0 Å². The Bertz CT molecular complexity index is 633. The number of hydrogen-bond acceptors (Lipinski definition) is 2. The van der Waals surface area contributed by atoms with Crippen LogP contribution in [0.3, 0.4) is 0 Å². The normalized spacial score (nSPS) is 33.8. The molecule has 0 amide bonds. The molecule has 2 heteroatoms. The maximum atomic E-state index is 9.28. The molecule has 3 atom stereocenters. The van der Waals surface area contributed by atoms with Gasteiger partial charge in [0.05, 0.1) is 17.8 Å². The molecular formula is C26H44O2. The Balaban J connectivity index is 0.000000200. The van der Waals surface area contributed by atoms with Crippen LogP contribution in [0.5, 0.6) is 0 Å². The molecule has 0 radical (unpaired) electrons. The first-order chi connectivity index (χ1) is 12.9. The molecule has 1 saturated heterocycles. The van der Waals surface area contributed by atoms with Gasteiger partial charge in [-0.3, -0.25) is 0 Å². The van der Waals surface area contributed by atoms with Gasteiger partial charge in [0.2, 0.25) is 0 Å². The van der Waals surface area contributed by atoms with Crippen molar-refractivity contribution in [1.29, 1.82) is 0 Å². The average molecular weight is 389 g/mol. The second-order valence-corrected chi connectivity index (χ2v) is 10.6. The van der Waals surface area contributed by atoms with Crippen LogP contribution in [0.2, 0.25) is 0 Å². The van der Waals surface area contributed by atoms with Gasteiger partial charge in [0.15, 0.2) is 0 Å². The van der Waals surface area contributed by atoms with E-state index in [0.717, 1.165) is 6.42 Å². The minimum Gasteiger partial charge on any atom is -0.393 e. The maximum Gasteiger partial charge on any atom is 0.0944 e.